The number of benzene rings is 1. The number of ether oxygens (including phenoxy) is 1. The second-order valence-corrected chi connectivity index (χ2v) is 5.30. The van der Waals surface area contributed by atoms with Crippen LogP contribution in [-0.4, -0.2) is 23.4 Å². The molecule has 1 aromatic carbocycles. The third kappa shape index (κ3) is 3.47. The number of para-hydroxylation sites is 1. The molecule has 1 aromatic rings. The van der Waals surface area contributed by atoms with Crippen molar-refractivity contribution < 1.29 is 9.84 Å². The lowest BCUT2D eigenvalue weighted by atomic mass is 10.2. The molecule has 0 amide bonds. The minimum atomic E-state index is -0.309. The average Bonchev–Trinajstić information content (AvgIpc) is 2.74. The molecular weight excluding hydrogens is 226 g/mol. The summed E-state index contributed by atoms with van der Waals surface area (Å²) in [5.74, 6) is 0.900. The van der Waals surface area contributed by atoms with Gasteiger partial charge in [0.15, 0.2) is 0 Å². The fraction of sp³-hybridized carbons (Fsp3) is 0.600. The Morgan fingerprint density at radius 2 is 2.11 bits per heavy atom. The number of rotatable bonds is 5. The van der Waals surface area contributed by atoms with Crippen molar-refractivity contribution >= 4 is 0 Å². The molecule has 100 valence electrons. The van der Waals surface area contributed by atoms with E-state index < -0.39 is 0 Å². The third-order valence-electron chi connectivity index (χ3n) is 3.37. The topological polar surface area (TPSA) is 41.5 Å². The Balaban J connectivity index is 2.02. The molecule has 2 atom stereocenters. The number of nitrogens with one attached hydrogen (secondary N) is 1. The number of aliphatic hydroxyl groups is 1. The van der Waals surface area contributed by atoms with Gasteiger partial charge in [0, 0.05) is 18.2 Å². The second kappa shape index (κ2) is 6.21. The van der Waals surface area contributed by atoms with Crippen molar-refractivity contribution in [3.63, 3.8) is 0 Å². The summed E-state index contributed by atoms with van der Waals surface area (Å²) < 4.78 is 5.96. The second-order valence-electron chi connectivity index (χ2n) is 5.30. The van der Waals surface area contributed by atoms with E-state index in [1.54, 1.807) is 0 Å². The summed E-state index contributed by atoms with van der Waals surface area (Å²) in [5.41, 5.74) is 1.16. The summed E-state index contributed by atoms with van der Waals surface area (Å²) in [6, 6.07) is 8.52. The lowest BCUT2D eigenvalue weighted by molar-refractivity contribution is 0.0597. The van der Waals surface area contributed by atoms with E-state index in [0.717, 1.165) is 37.1 Å². The highest BCUT2D eigenvalue weighted by Crippen LogP contribution is 2.27. The molecule has 1 saturated carbocycles. The van der Waals surface area contributed by atoms with Crippen molar-refractivity contribution in [3.05, 3.63) is 29.8 Å². The molecule has 1 aliphatic carbocycles. The summed E-state index contributed by atoms with van der Waals surface area (Å²) in [5, 5.41) is 13.2. The van der Waals surface area contributed by atoms with Gasteiger partial charge < -0.3 is 15.2 Å². The van der Waals surface area contributed by atoms with Gasteiger partial charge in [-0.15, -0.1) is 0 Å². The molecule has 2 rings (SSSR count). The van der Waals surface area contributed by atoms with Crippen LogP contribution in [-0.2, 0) is 6.54 Å². The van der Waals surface area contributed by atoms with Crippen LogP contribution in [0.15, 0.2) is 24.3 Å². The molecule has 0 saturated heterocycles. The maximum Gasteiger partial charge on any atom is 0.124 e. The van der Waals surface area contributed by atoms with Crippen molar-refractivity contribution in [1.82, 2.24) is 5.32 Å². The van der Waals surface area contributed by atoms with Crippen LogP contribution in [0.3, 0.4) is 0 Å². The van der Waals surface area contributed by atoms with Gasteiger partial charge in [-0.05, 0) is 25.3 Å². The molecule has 3 heteroatoms. The Bertz CT molecular complexity index is 379. The quantitative estimate of drug-likeness (QED) is 0.842. The van der Waals surface area contributed by atoms with Crippen LogP contribution in [0.2, 0.25) is 0 Å². The maximum atomic E-state index is 9.82. The normalized spacial score (nSPS) is 23.6. The fourth-order valence-corrected chi connectivity index (χ4v) is 2.29. The lowest BCUT2D eigenvalue weighted by Gasteiger charge is -2.20. The van der Waals surface area contributed by atoms with E-state index in [4.69, 9.17) is 4.74 Å². The number of aliphatic hydroxyl groups excluding tert-OH is 1. The van der Waals surface area contributed by atoms with Gasteiger partial charge in [0.1, 0.15) is 11.9 Å². The van der Waals surface area contributed by atoms with Crippen LogP contribution >= 0.6 is 0 Å². The molecule has 0 heterocycles. The van der Waals surface area contributed by atoms with Crippen LogP contribution in [0.25, 0.3) is 0 Å². The van der Waals surface area contributed by atoms with Gasteiger partial charge in [0.2, 0.25) is 0 Å². The van der Waals surface area contributed by atoms with Gasteiger partial charge in [-0.2, -0.15) is 0 Å². The predicted octanol–water partition coefficient (Wildman–Crippen LogP) is 2.48. The summed E-state index contributed by atoms with van der Waals surface area (Å²) in [6.07, 6.45) is 2.52. The largest absolute Gasteiger partial charge is 0.487 e. The molecule has 0 aromatic heterocycles. The van der Waals surface area contributed by atoms with E-state index in [2.05, 4.69) is 25.2 Å². The molecule has 18 heavy (non-hydrogen) atoms. The summed E-state index contributed by atoms with van der Waals surface area (Å²) in [6.45, 7) is 5.06. The van der Waals surface area contributed by atoms with Crippen LogP contribution < -0.4 is 10.1 Å². The molecule has 1 fully saturated rings. The van der Waals surface area contributed by atoms with E-state index in [0.29, 0.717) is 6.04 Å². The van der Waals surface area contributed by atoms with Crippen LogP contribution in [0.5, 0.6) is 5.75 Å². The third-order valence-corrected chi connectivity index (χ3v) is 3.37. The van der Waals surface area contributed by atoms with Gasteiger partial charge in [-0.3, -0.25) is 0 Å². The zero-order chi connectivity index (χ0) is 13.0. The van der Waals surface area contributed by atoms with E-state index in [1.807, 2.05) is 18.2 Å². The fourth-order valence-electron chi connectivity index (χ4n) is 2.29. The predicted molar refractivity (Wildman–Crippen MR) is 72.7 cm³/mol. The van der Waals surface area contributed by atoms with Crippen molar-refractivity contribution in [1.29, 1.82) is 0 Å². The first kappa shape index (κ1) is 13.4. The molecular formula is C15H23NO2. The van der Waals surface area contributed by atoms with Gasteiger partial charge in [0.05, 0.1) is 6.10 Å². The first-order valence-corrected chi connectivity index (χ1v) is 6.83. The van der Waals surface area contributed by atoms with Crippen molar-refractivity contribution in [2.24, 2.45) is 0 Å². The molecule has 2 unspecified atom stereocenters. The zero-order valence-corrected chi connectivity index (χ0v) is 11.2. The minimum Gasteiger partial charge on any atom is -0.487 e. The standard InChI is InChI=1S/C15H23NO2/c1-11(2)16-10-12-6-3-4-8-14(12)18-15-9-5-7-13(15)17/h3-4,6,8,11,13,15-17H,5,7,9-10H2,1-2H3. The minimum absolute atomic E-state index is 0.0369. The first-order valence-electron chi connectivity index (χ1n) is 6.83. The van der Waals surface area contributed by atoms with E-state index in [9.17, 15) is 5.11 Å². The highest BCUT2D eigenvalue weighted by atomic mass is 16.5. The molecule has 0 radical (unpaired) electrons. The molecule has 0 bridgehead atoms. The summed E-state index contributed by atoms with van der Waals surface area (Å²) in [4.78, 5) is 0. The lowest BCUT2D eigenvalue weighted by Crippen LogP contribution is -2.27. The molecule has 1 aliphatic rings. The van der Waals surface area contributed by atoms with E-state index in [-0.39, 0.29) is 12.2 Å². The van der Waals surface area contributed by atoms with Crippen LogP contribution in [0, 0.1) is 0 Å². The number of hydrogen-bond acceptors (Lipinski definition) is 3. The SMILES string of the molecule is CC(C)NCc1ccccc1OC1CCCC1O. The molecule has 0 aliphatic heterocycles. The smallest absolute Gasteiger partial charge is 0.124 e. The molecule has 3 nitrogen and oxygen atoms in total. The number of hydrogen-bond donors (Lipinski definition) is 2. The summed E-state index contributed by atoms with van der Waals surface area (Å²) in [7, 11) is 0. The van der Waals surface area contributed by atoms with Gasteiger partial charge in [0.25, 0.3) is 0 Å². The Morgan fingerprint density at radius 1 is 1.33 bits per heavy atom. The van der Waals surface area contributed by atoms with Crippen molar-refractivity contribution in [2.45, 2.75) is 57.9 Å². The molecule has 0 spiro atoms. The van der Waals surface area contributed by atoms with Crippen molar-refractivity contribution in [3.8, 4) is 5.75 Å². The monoisotopic (exact) mass is 249 g/mol. The van der Waals surface area contributed by atoms with E-state index in [1.165, 1.54) is 0 Å². The zero-order valence-electron chi connectivity index (χ0n) is 11.2. The Kier molecular flexibility index (Phi) is 4.61. The van der Waals surface area contributed by atoms with Crippen LogP contribution in [0.4, 0.5) is 0 Å². The Labute approximate surface area is 109 Å². The Morgan fingerprint density at radius 3 is 2.78 bits per heavy atom. The first-order chi connectivity index (χ1) is 8.66. The maximum absolute atomic E-state index is 9.82. The van der Waals surface area contributed by atoms with Crippen LogP contribution in [0.1, 0.15) is 38.7 Å². The van der Waals surface area contributed by atoms with Gasteiger partial charge >= 0.3 is 0 Å². The Hall–Kier alpha value is -1.06. The van der Waals surface area contributed by atoms with E-state index >= 15 is 0 Å². The highest BCUT2D eigenvalue weighted by molar-refractivity contribution is 5.33. The average molecular weight is 249 g/mol. The van der Waals surface area contributed by atoms with Gasteiger partial charge in [-0.1, -0.05) is 32.0 Å². The summed E-state index contributed by atoms with van der Waals surface area (Å²) >= 11 is 0. The highest BCUT2D eigenvalue weighted by Gasteiger charge is 2.27. The molecule has 2 N–H and O–H groups in total. The van der Waals surface area contributed by atoms with Crippen molar-refractivity contribution in [2.75, 3.05) is 0 Å². The van der Waals surface area contributed by atoms with Gasteiger partial charge in [-0.25, -0.2) is 0 Å².